The van der Waals surface area contributed by atoms with Gasteiger partial charge >= 0.3 is 0 Å². The largest absolute Gasteiger partial charge is 0.337 e. The van der Waals surface area contributed by atoms with Crippen molar-refractivity contribution in [3.05, 3.63) is 77.7 Å². The van der Waals surface area contributed by atoms with Gasteiger partial charge in [-0.05, 0) is 43.7 Å². The monoisotopic (exact) mass is 468 g/mol. The van der Waals surface area contributed by atoms with Crippen LogP contribution < -0.4 is 4.90 Å². The number of aryl methyl sites for hydroxylation is 2. The average molecular weight is 469 g/mol. The predicted octanol–water partition coefficient (Wildman–Crippen LogP) is 4.59. The minimum absolute atomic E-state index is 0.0672. The molecule has 8 heteroatoms. The van der Waals surface area contributed by atoms with Crippen LogP contribution in [0.25, 0.3) is 26.4 Å². The summed E-state index contributed by atoms with van der Waals surface area (Å²) < 4.78 is 3.19. The lowest BCUT2D eigenvalue weighted by molar-refractivity contribution is 0.0746. The van der Waals surface area contributed by atoms with Crippen molar-refractivity contribution in [2.45, 2.75) is 13.8 Å². The van der Waals surface area contributed by atoms with Gasteiger partial charge in [-0.25, -0.2) is 15.0 Å². The number of nitrogens with zero attached hydrogens (tertiary/aromatic N) is 6. The van der Waals surface area contributed by atoms with Gasteiger partial charge in [0.1, 0.15) is 0 Å². The van der Waals surface area contributed by atoms with E-state index < -0.39 is 0 Å². The first kappa shape index (κ1) is 20.8. The zero-order chi connectivity index (χ0) is 23.2. The van der Waals surface area contributed by atoms with E-state index in [9.17, 15) is 4.79 Å². The number of aromatic nitrogens is 4. The van der Waals surface area contributed by atoms with Crippen LogP contribution in [0.1, 0.15) is 21.5 Å². The molecule has 0 saturated carbocycles. The Hall–Kier alpha value is -3.78. The van der Waals surface area contributed by atoms with Crippen LogP contribution in [0.15, 0.2) is 61.1 Å². The second kappa shape index (κ2) is 8.22. The Bertz CT molecular complexity index is 1510. The topological polar surface area (TPSA) is 66.6 Å². The fourth-order valence-electron chi connectivity index (χ4n) is 4.61. The summed E-state index contributed by atoms with van der Waals surface area (Å²) >= 11 is 1.62. The highest BCUT2D eigenvalue weighted by Crippen LogP contribution is 2.31. The van der Waals surface area contributed by atoms with E-state index in [0.717, 1.165) is 51.0 Å². The molecule has 1 aliphatic rings. The quantitative estimate of drug-likeness (QED) is 0.388. The zero-order valence-electron chi connectivity index (χ0n) is 19.1. The lowest BCUT2D eigenvalue weighted by Gasteiger charge is -2.34. The summed E-state index contributed by atoms with van der Waals surface area (Å²) in [5.41, 5.74) is 6.40. The summed E-state index contributed by atoms with van der Waals surface area (Å²) in [4.78, 5) is 31.7. The fourth-order valence-corrected chi connectivity index (χ4v) is 5.66. The van der Waals surface area contributed by atoms with E-state index in [1.807, 2.05) is 29.2 Å². The molecule has 0 bridgehead atoms. The number of imidazole rings is 1. The molecule has 4 heterocycles. The Labute approximate surface area is 201 Å². The molecule has 34 heavy (non-hydrogen) atoms. The van der Waals surface area contributed by atoms with Gasteiger partial charge in [-0.1, -0.05) is 35.1 Å². The van der Waals surface area contributed by atoms with E-state index in [1.165, 1.54) is 11.1 Å². The Morgan fingerprint density at radius 1 is 0.971 bits per heavy atom. The predicted molar refractivity (Wildman–Crippen MR) is 136 cm³/mol. The first-order valence-corrected chi connectivity index (χ1v) is 12.2. The number of benzene rings is 2. The van der Waals surface area contributed by atoms with Crippen LogP contribution in [0, 0.1) is 13.8 Å². The normalized spacial score (nSPS) is 14.3. The number of hydrogen-bond donors (Lipinski definition) is 0. The number of amides is 1. The number of fused-ring (bicyclic) bond motifs is 3. The van der Waals surface area contributed by atoms with Gasteiger partial charge in [0.25, 0.3) is 5.91 Å². The van der Waals surface area contributed by atoms with Crippen LogP contribution in [-0.2, 0) is 0 Å². The SMILES string of the molecule is Cc1ccc(-c2cn3c(n2)sc2cc(C(=O)N4CCN(c5ncccn5)CC4)ccc23)c(C)c1. The van der Waals surface area contributed by atoms with Crippen LogP contribution in [0.2, 0.25) is 0 Å². The summed E-state index contributed by atoms with van der Waals surface area (Å²) in [5.74, 6) is 0.788. The third-order valence-electron chi connectivity index (χ3n) is 6.40. The molecule has 6 rings (SSSR count). The van der Waals surface area contributed by atoms with E-state index in [-0.39, 0.29) is 5.91 Å². The third-order valence-corrected chi connectivity index (χ3v) is 7.42. The Morgan fingerprint density at radius 3 is 2.53 bits per heavy atom. The minimum Gasteiger partial charge on any atom is -0.337 e. The molecule has 1 saturated heterocycles. The lowest BCUT2D eigenvalue weighted by Crippen LogP contribution is -2.49. The van der Waals surface area contributed by atoms with E-state index in [1.54, 1.807) is 23.7 Å². The van der Waals surface area contributed by atoms with Crippen molar-refractivity contribution in [1.82, 2.24) is 24.3 Å². The first-order valence-electron chi connectivity index (χ1n) is 11.4. The van der Waals surface area contributed by atoms with Crippen LogP contribution in [-0.4, -0.2) is 56.3 Å². The molecular weight excluding hydrogens is 444 g/mol. The summed E-state index contributed by atoms with van der Waals surface area (Å²) in [7, 11) is 0. The minimum atomic E-state index is 0.0672. The molecule has 3 aromatic heterocycles. The molecule has 5 aromatic rings. The molecule has 2 aromatic carbocycles. The van der Waals surface area contributed by atoms with Crippen LogP contribution in [0.3, 0.4) is 0 Å². The molecule has 0 atom stereocenters. The molecule has 1 aliphatic heterocycles. The number of hydrogen-bond acceptors (Lipinski definition) is 6. The van der Waals surface area contributed by atoms with Crippen LogP contribution >= 0.6 is 11.3 Å². The van der Waals surface area contributed by atoms with Gasteiger partial charge in [0.15, 0.2) is 4.96 Å². The van der Waals surface area contributed by atoms with E-state index in [2.05, 4.69) is 57.5 Å². The Kier molecular flexibility index (Phi) is 5.03. The van der Waals surface area contributed by atoms with E-state index >= 15 is 0 Å². The third kappa shape index (κ3) is 3.60. The van der Waals surface area contributed by atoms with Gasteiger partial charge in [-0.15, -0.1) is 0 Å². The number of carbonyl (C=O) groups is 1. The number of thiazole rings is 1. The van der Waals surface area contributed by atoms with Gasteiger partial charge in [0.2, 0.25) is 5.95 Å². The number of rotatable bonds is 3. The molecule has 0 spiro atoms. The molecule has 7 nitrogen and oxygen atoms in total. The summed E-state index contributed by atoms with van der Waals surface area (Å²) in [6, 6.07) is 14.2. The molecule has 0 N–H and O–H groups in total. The Morgan fingerprint density at radius 2 is 1.76 bits per heavy atom. The molecule has 170 valence electrons. The summed E-state index contributed by atoms with van der Waals surface area (Å²) in [5, 5.41) is 0. The smallest absolute Gasteiger partial charge is 0.254 e. The van der Waals surface area contributed by atoms with Crippen molar-refractivity contribution in [3.63, 3.8) is 0 Å². The van der Waals surface area contributed by atoms with E-state index in [4.69, 9.17) is 4.98 Å². The summed E-state index contributed by atoms with van der Waals surface area (Å²) in [6.45, 7) is 6.99. The van der Waals surface area contributed by atoms with Gasteiger partial charge in [0, 0.05) is 55.9 Å². The molecule has 0 unspecified atom stereocenters. The number of piperazine rings is 1. The standard InChI is InChI=1S/C26H24N6OS/c1-17-4-6-20(18(2)14-17)21-16-32-22-7-5-19(15-23(22)34-26(32)29-21)24(33)30-10-12-31(13-11-30)25-27-8-3-9-28-25/h3-9,14-16H,10-13H2,1-2H3. The van der Waals surface area contributed by atoms with Crippen molar-refractivity contribution in [2.24, 2.45) is 0 Å². The molecular formula is C26H24N6OS. The maximum absolute atomic E-state index is 13.2. The van der Waals surface area contributed by atoms with Crippen LogP contribution in [0.4, 0.5) is 5.95 Å². The van der Waals surface area contributed by atoms with Gasteiger partial charge < -0.3 is 9.80 Å². The molecule has 0 aliphatic carbocycles. The Balaban J connectivity index is 1.23. The van der Waals surface area contributed by atoms with Crippen molar-refractivity contribution in [3.8, 4) is 11.3 Å². The first-order chi connectivity index (χ1) is 16.6. The maximum atomic E-state index is 13.2. The van der Waals surface area contributed by atoms with Gasteiger partial charge in [0.05, 0.1) is 15.9 Å². The number of carbonyl (C=O) groups excluding carboxylic acids is 1. The average Bonchev–Trinajstić information content (AvgIpc) is 3.42. The van der Waals surface area contributed by atoms with Gasteiger partial charge in [-0.2, -0.15) is 0 Å². The summed E-state index contributed by atoms with van der Waals surface area (Å²) in [6.07, 6.45) is 5.59. The maximum Gasteiger partial charge on any atom is 0.254 e. The fraction of sp³-hybridized carbons (Fsp3) is 0.231. The van der Waals surface area contributed by atoms with Crippen molar-refractivity contribution in [2.75, 3.05) is 31.1 Å². The highest BCUT2D eigenvalue weighted by Gasteiger charge is 2.24. The number of anilines is 1. The van der Waals surface area contributed by atoms with Crippen molar-refractivity contribution >= 4 is 38.4 Å². The molecule has 1 fully saturated rings. The van der Waals surface area contributed by atoms with Crippen molar-refractivity contribution in [1.29, 1.82) is 0 Å². The zero-order valence-corrected chi connectivity index (χ0v) is 19.9. The molecule has 1 amide bonds. The highest BCUT2D eigenvalue weighted by atomic mass is 32.1. The molecule has 0 radical (unpaired) electrons. The second-order valence-corrected chi connectivity index (χ2v) is 9.72. The lowest BCUT2D eigenvalue weighted by atomic mass is 10.0. The van der Waals surface area contributed by atoms with E-state index in [0.29, 0.717) is 13.1 Å². The van der Waals surface area contributed by atoms with Gasteiger partial charge in [-0.3, -0.25) is 9.20 Å². The second-order valence-electron chi connectivity index (χ2n) is 8.71. The highest BCUT2D eigenvalue weighted by molar-refractivity contribution is 7.23. The van der Waals surface area contributed by atoms with Crippen LogP contribution in [0.5, 0.6) is 0 Å². The van der Waals surface area contributed by atoms with Crippen molar-refractivity contribution < 1.29 is 4.79 Å².